The highest BCUT2D eigenvalue weighted by molar-refractivity contribution is 6.01. The fourth-order valence-corrected chi connectivity index (χ4v) is 5.01. The summed E-state index contributed by atoms with van der Waals surface area (Å²) in [5.41, 5.74) is -1.31. The maximum Gasteiger partial charge on any atom is 0.236 e. The molecule has 3 unspecified atom stereocenters. The Hall–Kier alpha value is -2.60. The molecule has 1 aliphatic carbocycles. The van der Waals surface area contributed by atoms with Crippen LogP contribution in [0, 0.1) is 17.2 Å². The second-order valence-corrected chi connectivity index (χ2v) is 8.53. The predicted molar refractivity (Wildman–Crippen MR) is 107 cm³/mol. The van der Waals surface area contributed by atoms with Gasteiger partial charge >= 0.3 is 0 Å². The van der Waals surface area contributed by atoms with Gasteiger partial charge in [0.05, 0.1) is 17.6 Å². The van der Waals surface area contributed by atoms with Gasteiger partial charge in [-0.2, -0.15) is 0 Å². The largest absolute Gasteiger partial charge is 0.387 e. The molecule has 2 fully saturated rings. The van der Waals surface area contributed by atoms with Gasteiger partial charge in [0.25, 0.3) is 0 Å². The van der Waals surface area contributed by atoms with E-state index in [1.807, 2.05) is 0 Å². The number of pyridine rings is 1. The quantitative estimate of drug-likeness (QED) is 0.799. The maximum absolute atomic E-state index is 13.7. The van der Waals surface area contributed by atoms with Crippen molar-refractivity contribution in [1.82, 2.24) is 4.98 Å². The number of carbonyl (C=O) groups excluding carboxylic acids is 2. The first kappa shape index (κ1) is 19.7. The second-order valence-electron chi connectivity index (χ2n) is 8.53. The zero-order valence-corrected chi connectivity index (χ0v) is 16.5. The zero-order valence-electron chi connectivity index (χ0n) is 16.5. The molecule has 2 aliphatic rings. The number of aliphatic hydroxyl groups is 1. The number of benzene rings is 1. The molecule has 2 heterocycles. The van der Waals surface area contributed by atoms with Crippen LogP contribution in [0.4, 0.5) is 10.1 Å². The van der Waals surface area contributed by atoms with Crippen molar-refractivity contribution >= 4 is 17.4 Å². The van der Waals surface area contributed by atoms with Crippen molar-refractivity contribution < 1.29 is 19.1 Å². The second kappa shape index (κ2) is 7.34. The van der Waals surface area contributed by atoms with Crippen LogP contribution in [0.25, 0.3) is 0 Å². The van der Waals surface area contributed by atoms with Crippen molar-refractivity contribution in [2.24, 2.45) is 11.3 Å². The van der Waals surface area contributed by atoms with Gasteiger partial charge in [0.1, 0.15) is 11.5 Å². The molecular weight excluding hydrogens is 371 g/mol. The number of hydrogen-bond acceptors (Lipinski definition) is 4. The minimum absolute atomic E-state index is 0.00106. The molecule has 6 heteroatoms. The number of hydrogen-bond donors (Lipinski definition) is 1. The highest BCUT2D eigenvalue weighted by atomic mass is 19.1. The lowest BCUT2D eigenvalue weighted by molar-refractivity contribution is -0.140. The Morgan fingerprint density at radius 3 is 2.86 bits per heavy atom. The number of anilines is 1. The van der Waals surface area contributed by atoms with Crippen molar-refractivity contribution in [2.45, 2.75) is 44.6 Å². The fourth-order valence-electron chi connectivity index (χ4n) is 5.01. The van der Waals surface area contributed by atoms with Gasteiger partial charge in [0.15, 0.2) is 5.78 Å². The maximum atomic E-state index is 13.7. The summed E-state index contributed by atoms with van der Waals surface area (Å²) in [4.78, 5) is 31.7. The number of β-amino-alcohol motifs (C(OH)–C–C–N with tert-alkyl or cyclic N) is 1. The van der Waals surface area contributed by atoms with E-state index in [2.05, 4.69) is 4.98 Å². The molecule has 29 heavy (non-hydrogen) atoms. The molecule has 1 N–H and O–H groups in total. The molecule has 152 valence electrons. The lowest BCUT2D eigenvalue weighted by Gasteiger charge is -2.43. The van der Waals surface area contributed by atoms with Crippen LogP contribution >= 0.6 is 0 Å². The van der Waals surface area contributed by atoms with Crippen molar-refractivity contribution in [1.29, 1.82) is 0 Å². The van der Waals surface area contributed by atoms with Crippen molar-refractivity contribution in [2.75, 3.05) is 11.4 Å². The van der Waals surface area contributed by atoms with Crippen LogP contribution in [0.15, 0.2) is 48.7 Å². The first-order valence-corrected chi connectivity index (χ1v) is 10.1. The van der Waals surface area contributed by atoms with Gasteiger partial charge < -0.3 is 10.0 Å². The van der Waals surface area contributed by atoms with Gasteiger partial charge in [-0.3, -0.25) is 14.6 Å². The normalized spacial score (nSPS) is 29.4. The average Bonchev–Trinajstić information content (AvgIpc) is 2.89. The number of halogens is 1. The Morgan fingerprint density at radius 2 is 2.14 bits per heavy atom. The summed E-state index contributed by atoms with van der Waals surface area (Å²) in [6.45, 7) is 1.81. The van der Waals surface area contributed by atoms with E-state index in [1.165, 1.54) is 17.0 Å². The summed E-state index contributed by atoms with van der Waals surface area (Å²) in [6.07, 6.45) is 4.52. The molecule has 1 amide bonds. The molecule has 1 saturated heterocycles. The Balaban J connectivity index is 1.57. The van der Waals surface area contributed by atoms with Crippen LogP contribution in [0.2, 0.25) is 0 Å². The van der Waals surface area contributed by atoms with Crippen LogP contribution in [0.1, 0.15) is 49.5 Å². The molecule has 1 saturated carbocycles. The molecule has 3 atom stereocenters. The minimum Gasteiger partial charge on any atom is -0.387 e. The third-order valence-electron chi connectivity index (χ3n) is 6.55. The van der Waals surface area contributed by atoms with Crippen molar-refractivity contribution in [3.05, 3.63) is 60.2 Å². The summed E-state index contributed by atoms with van der Waals surface area (Å²) >= 11 is 0. The number of ketones is 1. The molecule has 1 aromatic heterocycles. The summed E-state index contributed by atoms with van der Waals surface area (Å²) in [7, 11) is 0. The highest BCUT2D eigenvalue weighted by Gasteiger charge is 2.62. The van der Waals surface area contributed by atoms with Crippen molar-refractivity contribution in [3.8, 4) is 0 Å². The lowest BCUT2D eigenvalue weighted by atomic mass is 9.61. The number of Topliss-reactive ketones (excluding diaryl/α,β-unsaturated/α-hetero) is 1. The Labute approximate surface area is 169 Å². The zero-order chi connectivity index (χ0) is 20.6. The van der Waals surface area contributed by atoms with E-state index in [0.717, 1.165) is 12.8 Å². The smallest absolute Gasteiger partial charge is 0.236 e. The van der Waals surface area contributed by atoms with Crippen LogP contribution in [0.5, 0.6) is 0 Å². The Morgan fingerprint density at radius 1 is 1.31 bits per heavy atom. The Bertz CT molecular complexity index is 931. The standard InChI is InChI=1S/C23H25FN2O3/c1-22(29)15-26(18-8-4-7-17(24)13-18)21(28)23(22)10-5-6-16(14-23)12-20(27)19-9-2-3-11-25-19/h2-4,7-9,11,13,16,29H,5-6,10,12,14-15H2,1H3. The van der Waals surface area contributed by atoms with Crippen LogP contribution in [0.3, 0.4) is 0 Å². The van der Waals surface area contributed by atoms with Gasteiger partial charge in [0, 0.05) is 18.3 Å². The molecule has 1 aliphatic heterocycles. The summed E-state index contributed by atoms with van der Waals surface area (Å²) < 4.78 is 13.7. The minimum atomic E-state index is -1.25. The van der Waals surface area contributed by atoms with E-state index >= 15 is 0 Å². The van der Waals surface area contributed by atoms with E-state index < -0.39 is 16.8 Å². The average molecular weight is 396 g/mol. The van der Waals surface area contributed by atoms with Gasteiger partial charge in [0.2, 0.25) is 5.91 Å². The monoisotopic (exact) mass is 396 g/mol. The van der Waals surface area contributed by atoms with Crippen LogP contribution in [-0.2, 0) is 4.79 Å². The predicted octanol–water partition coefficient (Wildman–Crippen LogP) is 3.77. The van der Waals surface area contributed by atoms with Crippen molar-refractivity contribution in [3.63, 3.8) is 0 Å². The summed E-state index contributed by atoms with van der Waals surface area (Å²) in [5.74, 6) is -0.637. The number of nitrogens with zero attached hydrogens (tertiary/aromatic N) is 2. The van der Waals surface area contributed by atoms with Crippen LogP contribution in [-0.4, -0.2) is 33.9 Å². The SMILES string of the molecule is CC1(O)CN(c2cccc(F)c2)C(=O)C12CCCC(CC(=O)c1ccccn1)C2. The number of amides is 1. The van der Waals surface area contributed by atoms with Crippen LogP contribution < -0.4 is 4.90 Å². The third-order valence-corrected chi connectivity index (χ3v) is 6.55. The molecule has 1 spiro atoms. The molecule has 2 aromatic rings. The van der Waals surface area contributed by atoms with Gasteiger partial charge in [-0.05, 0) is 62.4 Å². The van der Waals surface area contributed by atoms with Gasteiger partial charge in [-0.15, -0.1) is 0 Å². The number of rotatable bonds is 4. The van der Waals surface area contributed by atoms with E-state index in [0.29, 0.717) is 30.6 Å². The molecule has 0 bridgehead atoms. The fraction of sp³-hybridized carbons (Fsp3) is 0.435. The van der Waals surface area contributed by atoms with E-state index in [4.69, 9.17) is 0 Å². The molecular formula is C23H25FN2O3. The van der Waals surface area contributed by atoms with E-state index in [9.17, 15) is 19.1 Å². The van der Waals surface area contributed by atoms with E-state index in [1.54, 1.807) is 43.5 Å². The summed E-state index contributed by atoms with van der Waals surface area (Å²) in [6, 6.07) is 11.1. The van der Waals surface area contributed by atoms with Gasteiger partial charge in [-0.1, -0.05) is 18.6 Å². The van der Waals surface area contributed by atoms with E-state index in [-0.39, 0.29) is 24.2 Å². The topological polar surface area (TPSA) is 70.5 Å². The first-order chi connectivity index (χ1) is 13.8. The number of carbonyl (C=O) groups is 2. The molecule has 1 aromatic carbocycles. The molecule has 4 rings (SSSR count). The first-order valence-electron chi connectivity index (χ1n) is 10.1. The third kappa shape index (κ3) is 3.46. The molecule has 5 nitrogen and oxygen atoms in total. The van der Waals surface area contributed by atoms with Gasteiger partial charge in [-0.25, -0.2) is 4.39 Å². The lowest BCUT2D eigenvalue weighted by Crippen LogP contribution is -2.50. The number of aromatic nitrogens is 1. The Kier molecular flexibility index (Phi) is 4.99. The summed E-state index contributed by atoms with van der Waals surface area (Å²) in [5, 5.41) is 11.3. The molecule has 0 radical (unpaired) electrons. The highest BCUT2D eigenvalue weighted by Crippen LogP contribution is 2.53.